The van der Waals surface area contributed by atoms with Crippen molar-refractivity contribution in [2.45, 2.75) is 52.7 Å². The van der Waals surface area contributed by atoms with Crippen molar-refractivity contribution in [3.05, 3.63) is 59.7 Å². The minimum Gasteiger partial charge on any atom is -0.490 e. The summed E-state index contributed by atoms with van der Waals surface area (Å²) in [4.78, 5) is 15.2. The fourth-order valence-corrected chi connectivity index (χ4v) is 3.77. The Kier molecular flexibility index (Phi) is 6.61. The first-order valence-corrected chi connectivity index (χ1v) is 10.4. The number of nitrogens with zero attached hydrogens (tertiary/aromatic N) is 1. The highest BCUT2D eigenvalue weighted by Crippen LogP contribution is 2.25. The first kappa shape index (κ1) is 20.2. The second-order valence-corrected chi connectivity index (χ2v) is 8.14. The van der Waals surface area contributed by atoms with E-state index in [4.69, 9.17) is 4.74 Å². The van der Waals surface area contributed by atoms with E-state index in [9.17, 15) is 4.79 Å². The molecule has 0 aromatic heterocycles. The zero-order valence-corrected chi connectivity index (χ0v) is 17.4. The van der Waals surface area contributed by atoms with Gasteiger partial charge >= 0.3 is 0 Å². The number of anilines is 1. The van der Waals surface area contributed by atoms with Crippen molar-refractivity contribution in [2.24, 2.45) is 5.92 Å². The summed E-state index contributed by atoms with van der Waals surface area (Å²) < 4.78 is 5.78. The molecule has 2 aromatic rings. The second kappa shape index (κ2) is 9.13. The van der Waals surface area contributed by atoms with Gasteiger partial charge in [-0.3, -0.25) is 4.79 Å². The van der Waals surface area contributed by atoms with Gasteiger partial charge in [0.1, 0.15) is 5.75 Å². The summed E-state index contributed by atoms with van der Waals surface area (Å²) in [7, 11) is 0. The molecule has 1 N–H and O–H groups in total. The normalized spacial score (nSPS) is 18.0. The number of carbonyl (C=O) groups is 1. The Balaban J connectivity index is 1.66. The Hall–Kier alpha value is -2.49. The molecule has 0 unspecified atom stereocenters. The number of para-hydroxylation sites is 1. The molecule has 3 rings (SSSR count). The summed E-state index contributed by atoms with van der Waals surface area (Å²) in [6, 6.07) is 15.9. The summed E-state index contributed by atoms with van der Waals surface area (Å²) in [5.41, 5.74) is 2.94. The van der Waals surface area contributed by atoms with E-state index in [2.05, 4.69) is 41.4 Å². The molecule has 1 aliphatic heterocycles. The predicted molar refractivity (Wildman–Crippen MR) is 115 cm³/mol. The number of carbonyl (C=O) groups excluding carboxylic acids is 1. The van der Waals surface area contributed by atoms with Crippen LogP contribution in [0.1, 0.15) is 62.5 Å². The van der Waals surface area contributed by atoms with Crippen LogP contribution in [0.25, 0.3) is 0 Å². The minimum absolute atomic E-state index is 0.0245. The van der Waals surface area contributed by atoms with Gasteiger partial charge in [0.25, 0.3) is 5.91 Å². The number of ether oxygens (including phenoxy) is 1. The molecular formula is C24H32N2O2. The average molecular weight is 381 g/mol. The molecule has 1 amide bonds. The number of hydrogen-bond acceptors (Lipinski definition) is 3. The molecule has 2 atom stereocenters. The Morgan fingerprint density at radius 1 is 1.11 bits per heavy atom. The van der Waals surface area contributed by atoms with Gasteiger partial charge in [-0.25, -0.2) is 0 Å². The fourth-order valence-electron chi connectivity index (χ4n) is 3.77. The van der Waals surface area contributed by atoms with Crippen molar-refractivity contribution in [3.63, 3.8) is 0 Å². The van der Waals surface area contributed by atoms with Gasteiger partial charge in [0.2, 0.25) is 0 Å². The largest absolute Gasteiger partial charge is 0.490 e. The van der Waals surface area contributed by atoms with Crippen molar-refractivity contribution in [3.8, 4) is 5.75 Å². The molecule has 1 aliphatic rings. The van der Waals surface area contributed by atoms with E-state index >= 15 is 0 Å². The quantitative estimate of drug-likeness (QED) is 0.749. The van der Waals surface area contributed by atoms with Gasteiger partial charge < -0.3 is 15.0 Å². The van der Waals surface area contributed by atoms with Gasteiger partial charge in [0.15, 0.2) is 0 Å². The lowest BCUT2D eigenvalue weighted by Gasteiger charge is -2.33. The van der Waals surface area contributed by atoms with Gasteiger partial charge in [-0.15, -0.1) is 0 Å². The van der Waals surface area contributed by atoms with Gasteiger partial charge in [-0.05, 0) is 69.4 Å². The van der Waals surface area contributed by atoms with Gasteiger partial charge in [-0.1, -0.05) is 31.2 Å². The van der Waals surface area contributed by atoms with Crippen LogP contribution in [-0.2, 0) is 0 Å². The third-order valence-electron chi connectivity index (χ3n) is 5.26. The highest BCUT2D eigenvalue weighted by Gasteiger charge is 2.18. The molecule has 2 aromatic carbocycles. The molecule has 0 spiro atoms. The summed E-state index contributed by atoms with van der Waals surface area (Å²) in [6.07, 6.45) is 2.60. The molecule has 0 saturated carbocycles. The second-order valence-electron chi connectivity index (χ2n) is 8.14. The number of piperidine rings is 1. The Bertz CT molecular complexity index is 785. The molecule has 0 radical (unpaired) electrons. The molecular weight excluding hydrogens is 348 g/mol. The molecule has 0 aliphatic carbocycles. The van der Waals surface area contributed by atoms with Crippen molar-refractivity contribution in [1.29, 1.82) is 0 Å². The Labute approximate surface area is 168 Å². The van der Waals surface area contributed by atoms with Gasteiger partial charge in [-0.2, -0.15) is 0 Å². The van der Waals surface area contributed by atoms with E-state index < -0.39 is 0 Å². The SMILES string of the molecule is CC(C)Oc1ccccc1C(=O)N[C@H](C)c1ccc(N2CCC[C@H](C)C2)cc1. The average Bonchev–Trinajstić information content (AvgIpc) is 2.68. The minimum atomic E-state index is -0.113. The molecule has 0 bridgehead atoms. The third kappa shape index (κ3) is 5.06. The first-order chi connectivity index (χ1) is 13.4. The van der Waals surface area contributed by atoms with Crippen LogP contribution < -0.4 is 15.0 Å². The molecule has 28 heavy (non-hydrogen) atoms. The van der Waals surface area contributed by atoms with Crippen LogP contribution in [0.3, 0.4) is 0 Å². The summed E-state index contributed by atoms with van der Waals surface area (Å²) in [5, 5.41) is 3.10. The molecule has 1 fully saturated rings. The maximum Gasteiger partial charge on any atom is 0.255 e. The van der Waals surface area contributed by atoms with Crippen LogP contribution in [0.15, 0.2) is 48.5 Å². The fraction of sp³-hybridized carbons (Fsp3) is 0.458. The lowest BCUT2D eigenvalue weighted by Crippen LogP contribution is -2.34. The van der Waals surface area contributed by atoms with Crippen LogP contribution >= 0.6 is 0 Å². The predicted octanol–water partition coefficient (Wildman–Crippen LogP) is 5.20. The van der Waals surface area contributed by atoms with Crippen LogP contribution in [0.5, 0.6) is 5.75 Å². The number of rotatable bonds is 6. The smallest absolute Gasteiger partial charge is 0.255 e. The van der Waals surface area contributed by atoms with E-state index in [1.165, 1.54) is 18.5 Å². The molecule has 4 heteroatoms. The Morgan fingerprint density at radius 2 is 1.82 bits per heavy atom. The number of benzene rings is 2. The van der Waals surface area contributed by atoms with Crippen LogP contribution in [0.4, 0.5) is 5.69 Å². The number of nitrogens with one attached hydrogen (secondary N) is 1. The van der Waals surface area contributed by atoms with E-state index in [1.54, 1.807) is 6.07 Å². The number of hydrogen-bond donors (Lipinski definition) is 1. The van der Waals surface area contributed by atoms with E-state index in [0.29, 0.717) is 11.3 Å². The lowest BCUT2D eigenvalue weighted by atomic mass is 9.99. The third-order valence-corrected chi connectivity index (χ3v) is 5.26. The van der Waals surface area contributed by atoms with Crippen molar-refractivity contribution < 1.29 is 9.53 Å². The maximum absolute atomic E-state index is 12.8. The van der Waals surface area contributed by atoms with Crippen molar-refractivity contribution >= 4 is 11.6 Å². The topological polar surface area (TPSA) is 41.6 Å². The summed E-state index contributed by atoms with van der Waals surface area (Å²) in [6.45, 7) is 10.5. The van der Waals surface area contributed by atoms with Crippen LogP contribution in [0.2, 0.25) is 0 Å². The first-order valence-electron chi connectivity index (χ1n) is 10.4. The number of amides is 1. The molecule has 1 heterocycles. The molecule has 1 saturated heterocycles. The van der Waals surface area contributed by atoms with E-state index in [-0.39, 0.29) is 18.1 Å². The van der Waals surface area contributed by atoms with Gasteiger partial charge in [0.05, 0.1) is 17.7 Å². The van der Waals surface area contributed by atoms with Crippen molar-refractivity contribution in [1.82, 2.24) is 5.32 Å². The molecule has 4 nitrogen and oxygen atoms in total. The van der Waals surface area contributed by atoms with Gasteiger partial charge in [0, 0.05) is 18.8 Å². The van der Waals surface area contributed by atoms with Crippen LogP contribution in [0, 0.1) is 5.92 Å². The highest BCUT2D eigenvalue weighted by molar-refractivity contribution is 5.97. The Morgan fingerprint density at radius 3 is 2.50 bits per heavy atom. The monoisotopic (exact) mass is 380 g/mol. The zero-order chi connectivity index (χ0) is 20.1. The lowest BCUT2D eigenvalue weighted by molar-refractivity contribution is 0.0934. The standard InChI is InChI=1S/C24H32N2O2/c1-17(2)28-23-10-6-5-9-22(23)24(27)25-19(4)20-11-13-21(14-12-20)26-15-7-8-18(3)16-26/h5-6,9-14,17-19H,7-8,15-16H2,1-4H3,(H,25,27)/t18-,19+/m0/s1. The summed E-state index contributed by atoms with van der Waals surface area (Å²) >= 11 is 0. The van der Waals surface area contributed by atoms with Crippen LogP contribution in [-0.4, -0.2) is 25.1 Å². The van der Waals surface area contributed by atoms with Crippen molar-refractivity contribution in [2.75, 3.05) is 18.0 Å². The van der Waals surface area contributed by atoms with E-state index in [0.717, 1.165) is 24.6 Å². The van der Waals surface area contributed by atoms with E-state index in [1.807, 2.05) is 39.0 Å². The maximum atomic E-state index is 12.8. The summed E-state index contributed by atoms with van der Waals surface area (Å²) in [5.74, 6) is 1.26. The molecule has 150 valence electrons. The highest BCUT2D eigenvalue weighted by atomic mass is 16.5. The zero-order valence-electron chi connectivity index (χ0n) is 17.4.